The third-order valence-corrected chi connectivity index (χ3v) is 5.04. The molecule has 0 radical (unpaired) electrons. The number of para-hydroxylation sites is 1. The van der Waals surface area contributed by atoms with Crippen LogP contribution in [-0.4, -0.2) is 28.9 Å². The molecule has 0 aromatic heterocycles. The third-order valence-electron chi connectivity index (χ3n) is 5.04. The van der Waals surface area contributed by atoms with E-state index in [-0.39, 0.29) is 11.8 Å². The normalized spacial score (nSPS) is 22.8. The second kappa shape index (κ2) is 6.24. The maximum absolute atomic E-state index is 12.6. The minimum atomic E-state index is -0.549. The van der Waals surface area contributed by atoms with E-state index in [2.05, 4.69) is 10.6 Å². The highest BCUT2D eigenvalue weighted by atomic mass is 16.2. The van der Waals surface area contributed by atoms with Crippen molar-refractivity contribution in [2.75, 3.05) is 11.9 Å². The summed E-state index contributed by atoms with van der Waals surface area (Å²) < 4.78 is 0. The first-order chi connectivity index (χ1) is 12.2. The van der Waals surface area contributed by atoms with E-state index in [9.17, 15) is 9.59 Å². The quantitative estimate of drug-likeness (QED) is 0.887. The van der Waals surface area contributed by atoms with Crippen LogP contribution in [0.3, 0.4) is 0 Å². The number of carbonyl (C=O) groups excluding carboxylic acids is 2. The number of carbonyl (C=O) groups is 2. The number of anilines is 1. The average Bonchev–Trinajstić information content (AvgIpc) is 2.77. The van der Waals surface area contributed by atoms with Gasteiger partial charge in [0.1, 0.15) is 5.66 Å². The van der Waals surface area contributed by atoms with E-state index in [1.54, 1.807) is 0 Å². The third kappa shape index (κ3) is 3.09. The monoisotopic (exact) mass is 335 g/mol. The van der Waals surface area contributed by atoms with Crippen LogP contribution in [0.1, 0.15) is 35.2 Å². The number of nitrogens with one attached hydrogen (secondary N) is 2. The van der Waals surface area contributed by atoms with Crippen LogP contribution in [0.15, 0.2) is 54.6 Å². The minimum absolute atomic E-state index is 0.0710. The molecule has 2 amide bonds. The van der Waals surface area contributed by atoms with Gasteiger partial charge in [0.25, 0.3) is 5.91 Å². The van der Waals surface area contributed by atoms with Crippen molar-refractivity contribution in [3.63, 3.8) is 0 Å². The Morgan fingerprint density at radius 1 is 0.920 bits per heavy atom. The molecule has 128 valence electrons. The van der Waals surface area contributed by atoms with E-state index in [4.69, 9.17) is 0 Å². The first-order valence-corrected chi connectivity index (χ1v) is 8.67. The summed E-state index contributed by atoms with van der Waals surface area (Å²) in [7, 11) is 0. The summed E-state index contributed by atoms with van der Waals surface area (Å²) in [4.78, 5) is 26.9. The molecule has 2 heterocycles. The van der Waals surface area contributed by atoms with Gasteiger partial charge >= 0.3 is 0 Å². The Morgan fingerprint density at radius 2 is 1.68 bits per heavy atom. The number of nitrogens with zero attached hydrogens (tertiary/aromatic N) is 1. The van der Waals surface area contributed by atoms with E-state index in [1.165, 1.54) is 0 Å². The van der Waals surface area contributed by atoms with E-state index in [1.807, 2.05) is 59.5 Å². The molecule has 1 saturated heterocycles. The summed E-state index contributed by atoms with van der Waals surface area (Å²) in [5, 5.41) is 6.58. The zero-order valence-electron chi connectivity index (χ0n) is 14.0. The summed E-state index contributed by atoms with van der Waals surface area (Å²) in [5.41, 5.74) is 2.07. The van der Waals surface area contributed by atoms with Crippen LogP contribution in [0.5, 0.6) is 0 Å². The first-order valence-electron chi connectivity index (χ1n) is 8.67. The van der Waals surface area contributed by atoms with E-state index < -0.39 is 5.66 Å². The summed E-state index contributed by atoms with van der Waals surface area (Å²) in [5.74, 6) is 0.0638. The molecule has 1 spiro atoms. The van der Waals surface area contributed by atoms with Gasteiger partial charge < -0.3 is 15.5 Å². The zero-order chi connectivity index (χ0) is 17.3. The fraction of sp³-hybridized carbons (Fsp3) is 0.300. The topological polar surface area (TPSA) is 61.4 Å². The Kier molecular flexibility index (Phi) is 3.92. The molecule has 2 aliphatic rings. The van der Waals surface area contributed by atoms with Crippen LogP contribution in [-0.2, 0) is 11.3 Å². The van der Waals surface area contributed by atoms with Crippen LogP contribution >= 0.6 is 0 Å². The molecule has 0 unspecified atom stereocenters. The van der Waals surface area contributed by atoms with Crippen molar-refractivity contribution in [3.05, 3.63) is 65.7 Å². The van der Waals surface area contributed by atoms with Gasteiger partial charge in [-0.15, -0.1) is 0 Å². The number of amides is 2. The standard InChI is InChI=1S/C20H21N3O2/c24-18-10-11-20(12-13-23(18)14-15-6-2-1-3-7-15)21-17-9-5-4-8-16(17)19(25)22-20/h1-9,21H,10-14H2,(H,22,25)/t20-/m0/s1. The first kappa shape index (κ1) is 15.7. The van der Waals surface area contributed by atoms with Crippen molar-refractivity contribution in [2.24, 2.45) is 0 Å². The fourth-order valence-electron chi connectivity index (χ4n) is 3.64. The molecule has 2 N–H and O–H groups in total. The lowest BCUT2D eigenvalue weighted by molar-refractivity contribution is -0.131. The molecule has 25 heavy (non-hydrogen) atoms. The number of hydrogen-bond donors (Lipinski definition) is 2. The highest BCUT2D eigenvalue weighted by molar-refractivity contribution is 6.02. The zero-order valence-corrected chi connectivity index (χ0v) is 14.0. The largest absolute Gasteiger partial charge is 0.362 e. The van der Waals surface area contributed by atoms with E-state index in [0.717, 1.165) is 11.3 Å². The fourth-order valence-corrected chi connectivity index (χ4v) is 3.64. The molecule has 4 rings (SSSR count). The molecule has 2 aliphatic heterocycles. The Morgan fingerprint density at radius 3 is 2.52 bits per heavy atom. The molecule has 0 aliphatic carbocycles. The SMILES string of the molecule is O=C1N[C@]2(CCC(=O)N(Cc3ccccc3)CC2)Nc2ccccc21. The average molecular weight is 335 g/mol. The van der Waals surface area contributed by atoms with Crippen molar-refractivity contribution in [2.45, 2.75) is 31.5 Å². The summed E-state index contributed by atoms with van der Waals surface area (Å²) >= 11 is 0. The predicted octanol–water partition coefficient (Wildman–Crippen LogP) is 2.75. The van der Waals surface area contributed by atoms with Gasteiger partial charge in [0, 0.05) is 31.6 Å². The minimum Gasteiger partial charge on any atom is -0.362 e. The van der Waals surface area contributed by atoms with Gasteiger partial charge in [-0.3, -0.25) is 9.59 Å². The van der Waals surface area contributed by atoms with Gasteiger partial charge in [-0.05, 0) is 24.1 Å². The lowest BCUT2D eigenvalue weighted by atomic mass is 9.95. The second-order valence-corrected chi connectivity index (χ2v) is 6.76. The van der Waals surface area contributed by atoms with Crippen LogP contribution in [0.4, 0.5) is 5.69 Å². The van der Waals surface area contributed by atoms with Gasteiger partial charge in [-0.2, -0.15) is 0 Å². The van der Waals surface area contributed by atoms with Crippen molar-refractivity contribution < 1.29 is 9.59 Å². The number of likely N-dealkylation sites (tertiary alicyclic amines) is 1. The Hall–Kier alpha value is -2.82. The van der Waals surface area contributed by atoms with Crippen LogP contribution in [0.2, 0.25) is 0 Å². The molecule has 2 aromatic carbocycles. The molecule has 5 heteroatoms. The van der Waals surface area contributed by atoms with Crippen LogP contribution in [0, 0.1) is 0 Å². The maximum Gasteiger partial charge on any atom is 0.255 e. The molecule has 1 atom stereocenters. The van der Waals surface area contributed by atoms with Gasteiger partial charge in [0.2, 0.25) is 5.91 Å². The smallest absolute Gasteiger partial charge is 0.255 e. The highest BCUT2D eigenvalue weighted by Gasteiger charge is 2.40. The van der Waals surface area contributed by atoms with E-state index >= 15 is 0 Å². The van der Waals surface area contributed by atoms with Gasteiger partial charge in [0.05, 0.1) is 5.56 Å². The number of hydrogen-bond acceptors (Lipinski definition) is 3. The van der Waals surface area contributed by atoms with Crippen LogP contribution < -0.4 is 10.6 Å². The highest BCUT2D eigenvalue weighted by Crippen LogP contribution is 2.31. The molecular formula is C20H21N3O2. The molecule has 5 nitrogen and oxygen atoms in total. The molecule has 0 bridgehead atoms. The van der Waals surface area contributed by atoms with Crippen molar-refractivity contribution in [1.29, 1.82) is 0 Å². The van der Waals surface area contributed by atoms with Gasteiger partial charge in [-0.1, -0.05) is 42.5 Å². The van der Waals surface area contributed by atoms with Gasteiger partial charge in [-0.25, -0.2) is 0 Å². The molecule has 0 saturated carbocycles. The van der Waals surface area contributed by atoms with E-state index in [0.29, 0.717) is 37.9 Å². The summed E-state index contributed by atoms with van der Waals surface area (Å²) in [6, 6.07) is 17.5. The lowest BCUT2D eigenvalue weighted by Gasteiger charge is -2.39. The van der Waals surface area contributed by atoms with Gasteiger partial charge in [0.15, 0.2) is 0 Å². The molecular weight excluding hydrogens is 314 g/mol. The predicted molar refractivity (Wildman–Crippen MR) is 96.0 cm³/mol. The molecule has 1 fully saturated rings. The molecule has 2 aromatic rings. The Labute approximate surface area is 147 Å². The summed E-state index contributed by atoms with van der Waals surface area (Å²) in [6.45, 7) is 1.23. The van der Waals surface area contributed by atoms with Crippen molar-refractivity contribution >= 4 is 17.5 Å². The van der Waals surface area contributed by atoms with Crippen LogP contribution in [0.25, 0.3) is 0 Å². The Bertz CT molecular complexity index is 806. The van der Waals surface area contributed by atoms with Crippen molar-refractivity contribution in [3.8, 4) is 0 Å². The summed E-state index contributed by atoms with van der Waals surface area (Å²) in [6.07, 6.45) is 1.70. The number of rotatable bonds is 2. The number of benzene rings is 2. The number of fused-ring (bicyclic) bond motifs is 1. The second-order valence-electron chi connectivity index (χ2n) is 6.76. The van der Waals surface area contributed by atoms with Crippen molar-refractivity contribution in [1.82, 2.24) is 10.2 Å². The maximum atomic E-state index is 12.6. The Balaban J connectivity index is 1.53. The lowest BCUT2D eigenvalue weighted by Crippen LogP contribution is -2.57.